The number of ether oxygens (including phenoxy) is 2. The molecule has 0 aliphatic carbocycles. The Balaban J connectivity index is 1.32. The minimum Gasteiger partial charge on any atom is -0.496 e. The van der Waals surface area contributed by atoms with Crippen molar-refractivity contribution in [2.24, 2.45) is 5.10 Å². The third kappa shape index (κ3) is 6.08. The van der Waals surface area contributed by atoms with Crippen LogP contribution in [0.4, 0.5) is 11.4 Å². The third-order valence-electron chi connectivity index (χ3n) is 6.70. The van der Waals surface area contributed by atoms with Crippen LogP contribution < -0.4 is 20.3 Å². The molecule has 0 aliphatic rings. The topological polar surface area (TPSA) is 151 Å². The minimum absolute atomic E-state index is 0.120. The normalized spacial score (nSPS) is 11.2. The number of methoxy groups -OCH3 is 1. The predicted molar refractivity (Wildman–Crippen MR) is 169 cm³/mol. The lowest BCUT2D eigenvalue weighted by atomic mass is 10.2. The van der Waals surface area contributed by atoms with Crippen LogP contribution in [0.5, 0.6) is 11.5 Å². The summed E-state index contributed by atoms with van der Waals surface area (Å²) < 4.78 is 18.0. The average Bonchev–Trinajstić information content (AvgIpc) is 3.49. The molecule has 13 heteroatoms. The number of rotatable bonds is 9. The van der Waals surface area contributed by atoms with Gasteiger partial charge in [0.2, 0.25) is 5.82 Å². The zero-order chi connectivity index (χ0) is 31.5. The van der Waals surface area contributed by atoms with Crippen LogP contribution in [0.1, 0.15) is 5.56 Å². The summed E-state index contributed by atoms with van der Waals surface area (Å²) >= 11 is 5.86. The molecule has 0 atom stereocenters. The van der Waals surface area contributed by atoms with Crippen molar-refractivity contribution in [1.29, 1.82) is 0 Å². The number of hydrogen-bond acceptors (Lipinski definition) is 9. The van der Waals surface area contributed by atoms with Gasteiger partial charge in [-0.1, -0.05) is 29.8 Å². The van der Waals surface area contributed by atoms with Crippen LogP contribution in [-0.4, -0.2) is 40.4 Å². The number of hydrogen-bond donors (Lipinski definition) is 1. The van der Waals surface area contributed by atoms with Gasteiger partial charge in [0, 0.05) is 22.3 Å². The van der Waals surface area contributed by atoms with Gasteiger partial charge in [-0.2, -0.15) is 9.78 Å². The van der Waals surface area contributed by atoms with Crippen molar-refractivity contribution in [3.63, 3.8) is 0 Å². The number of carbonyl (C=O) groups excluding carboxylic acids is 1. The first-order valence-corrected chi connectivity index (χ1v) is 13.8. The number of nitro benzene ring substituents is 1. The highest BCUT2D eigenvalue weighted by molar-refractivity contribution is 6.30. The highest BCUT2D eigenvalue weighted by Gasteiger charge is 2.19. The van der Waals surface area contributed by atoms with Crippen LogP contribution in [0.25, 0.3) is 33.5 Å². The lowest BCUT2D eigenvalue weighted by Gasteiger charge is -2.09. The first-order chi connectivity index (χ1) is 21.8. The predicted octanol–water partition coefficient (Wildman–Crippen LogP) is 6.28. The molecule has 0 bridgehead atoms. The van der Waals surface area contributed by atoms with E-state index in [0.29, 0.717) is 38.3 Å². The van der Waals surface area contributed by atoms with E-state index >= 15 is 0 Å². The molecule has 0 spiro atoms. The zero-order valence-corrected chi connectivity index (χ0v) is 24.2. The Morgan fingerprint density at radius 3 is 2.62 bits per heavy atom. The fourth-order valence-electron chi connectivity index (χ4n) is 4.59. The first-order valence-electron chi connectivity index (χ1n) is 13.4. The second-order valence-corrected chi connectivity index (χ2v) is 10.1. The van der Waals surface area contributed by atoms with Crippen LogP contribution in [-0.2, 0) is 4.79 Å². The number of nitrogens with one attached hydrogen (secondary N) is 1. The van der Waals surface area contributed by atoms with Crippen LogP contribution in [0.3, 0.4) is 0 Å². The van der Waals surface area contributed by atoms with Crippen LogP contribution in [0.15, 0.2) is 105 Å². The largest absolute Gasteiger partial charge is 0.496 e. The summed E-state index contributed by atoms with van der Waals surface area (Å²) in [5.41, 5.74) is 0.877. The summed E-state index contributed by atoms with van der Waals surface area (Å²) in [7, 11) is 1.54. The Morgan fingerprint density at radius 2 is 1.84 bits per heavy atom. The zero-order valence-electron chi connectivity index (χ0n) is 23.5. The number of amides is 1. The molecule has 1 amide bonds. The number of furan rings is 1. The van der Waals surface area contributed by atoms with Crippen molar-refractivity contribution in [3.8, 4) is 23.1 Å². The molecule has 2 aromatic heterocycles. The van der Waals surface area contributed by atoms with Gasteiger partial charge in [-0.3, -0.25) is 19.7 Å². The van der Waals surface area contributed by atoms with E-state index in [1.807, 2.05) is 0 Å². The summed E-state index contributed by atoms with van der Waals surface area (Å²) in [4.78, 5) is 41.8. The highest BCUT2D eigenvalue weighted by atomic mass is 35.5. The van der Waals surface area contributed by atoms with Gasteiger partial charge in [0.15, 0.2) is 18.1 Å². The van der Waals surface area contributed by atoms with Crippen LogP contribution >= 0.6 is 11.6 Å². The third-order valence-corrected chi connectivity index (χ3v) is 6.96. The maximum atomic E-state index is 13.6. The summed E-state index contributed by atoms with van der Waals surface area (Å²) in [6.07, 6.45) is 1.29. The lowest BCUT2D eigenvalue weighted by molar-refractivity contribution is -0.385. The van der Waals surface area contributed by atoms with E-state index in [4.69, 9.17) is 25.5 Å². The fraction of sp³-hybridized carbons (Fsp3) is 0.0625. The van der Waals surface area contributed by atoms with Gasteiger partial charge in [0.25, 0.3) is 11.5 Å². The number of anilines is 1. The Hall–Kier alpha value is -6.01. The highest BCUT2D eigenvalue weighted by Crippen LogP contribution is 2.33. The molecule has 0 aliphatic heterocycles. The molecule has 224 valence electrons. The number of fused-ring (bicyclic) bond motifs is 2. The second kappa shape index (κ2) is 12.3. The summed E-state index contributed by atoms with van der Waals surface area (Å²) in [5, 5.41) is 20.4. The van der Waals surface area contributed by atoms with Crippen molar-refractivity contribution in [1.82, 2.24) is 9.66 Å². The molecule has 45 heavy (non-hydrogen) atoms. The molecule has 0 fully saturated rings. The average molecular weight is 624 g/mol. The van der Waals surface area contributed by atoms with Crippen molar-refractivity contribution in [3.05, 3.63) is 122 Å². The molecule has 0 radical (unpaired) electrons. The molecule has 0 saturated carbocycles. The van der Waals surface area contributed by atoms with E-state index in [1.54, 1.807) is 79.9 Å². The number of nitrogens with zero attached hydrogens (tertiary/aromatic N) is 4. The number of benzene rings is 4. The van der Waals surface area contributed by atoms with Crippen LogP contribution in [0, 0.1) is 10.1 Å². The SMILES string of the molecule is COc1cccc2oc(-c3nc4ccccc4c(=O)n3N=Cc3ccc(OCC(=O)Nc4ccc(Cl)cc4)c([N+](=O)[O-])c3)cc12. The standard InChI is InChI=1S/C32H22ClN5O7/c1-43-26-7-4-8-27-23(26)16-29(45-27)31-36-24-6-3-2-5-22(24)32(40)37(31)34-17-19-9-14-28(25(15-19)38(41)42)44-18-30(39)35-21-12-10-20(33)11-13-21/h2-17H,18H2,1H3,(H,35,39). The number of halogens is 1. The van der Waals surface area contributed by atoms with Crippen molar-refractivity contribution in [2.75, 3.05) is 19.0 Å². The van der Waals surface area contributed by atoms with Gasteiger partial charge >= 0.3 is 5.69 Å². The summed E-state index contributed by atoms with van der Waals surface area (Å²) in [5.74, 6) is 0.328. The van der Waals surface area contributed by atoms with Crippen molar-refractivity contribution < 1.29 is 23.6 Å². The molecular weight excluding hydrogens is 602 g/mol. The van der Waals surface area contributed by atoms with Crippen molar-refractivity contribution in [2.45, 2.75) is 0 Å². The molecule has 6 aromatic rings. The minimum atomic E-state index is -0.638. The van der Waals surface area contributed by atoms with Gasteiger partial charge < -0.3 is 19.2 Å². The van der Waals surface area contributed by atoms with Crippen molar-refractivity contribution >= 4 is 57.0 Å². The monoisotopic (exact) mass is 623 g/mol. The van der Waals surface area contributed by atoms with E-state index in [0.717, 1.165) is 4.68 Å². The molecule has 0 saturated heterocycles. The fourth-order valence-corrected chi connectivity index (χ4v) is 4.72. The second-order valence-electron chi connectivity index (χ2n) is 9.62. The van der Waals surface area contributed by atoms with Gasteiger partial charge in [0.1, 0.15) is 11.3 Å². The maximum absolute atomic E-state index is 13.6. The van der Waals surface area contributed by atoms with Gasteiger partial charge in [-0.25, -0.2) is 4.98 Å². The van der Waals surface area contributed by atoms with Gasteiger partial charge in [-0.05, 0) is 66.7 Å². The Labute approximate surface area is 259 Å². The maximum Gasteiger partial charge on any atom is 0.311 e. The molecule has 0 unspecified atom stereocenters. The molecule has 6 rings (SSSR count). The molecule has 1 N–H and O–H groups in total. The van der Waals surface area contributed by atoms with E-state index < -0.39 is 28.7 Å². The number of aromatic nitrogens is 2. The van der Waals surface area contributed by atoms with E-state index in [-0.39, 0.29) is 22.9 Å². The quantitative estimate of drug-likeness (QED) is 0.112. The molecule has 4 aromatic carbocycles. The lowest BCUT2D eigenvalue weighted by Crippen LogP contribution is -2.20. The molecular formula is C32H22ClN5O7. The Morgan fingerprint density at radius 1 is 1.04 bits per heavy atom. The first kappa shape index (κ1) is 29.1. The number of para-hydroxylation sites is 1. The number of carbonyl (C=O) groups is 1. The van der Waals surface area contributed by atoms with E-state index in [9.17, 15) is 19.7 Å². The summed E-state index contributed by atoms with van der Waals surface area (Å²) in [6.45, 7) is -0.472. The smallest absolute Gasteiger partial charge is 0.311 e. The van der Waals surface area contributed by atoms with Crippen LogP contribution in [0.2, 0.25) is 5.02 Å². The van der Waals surface area contributed by atoms with Gasteiger partial charge in [-0.15, -0.1) is 0 Å². The van der Waals surface area contributed by atoms with E-state index in [1.165, 1.54) is 24.4 Å². The van der Waals surface area contributed by atoms with Gasteiger partial charge in [0.05, 0.1) is 34.5 Å². The number of nitro groups is 1. The summed E-state index contributed by atoms with van der Waals surface area (Å²) in [6, 6.07) is 24.4. The van der Waals surface area contributed by atoms with E-state index in [2.05, 4.69) is 15.4 Å². The molecule has 2 heterocycles. The molecule has 12 nitrogen and oxygen atoms in total. The Bertz CT molecular complexity index is 2170. The Kier molecular flexibility index (Phi) is 7.95.